The fourth-order valence-electron chi connectivity index (χ4n) is 2.64. The van der Waals surface area contributed by atoms with E-state index in [0.29, 0.717) is 24.8 Å². The van der Waals surface area contributed by atoms with E-state index in [0.717, 1.165) is 24.0 Å². The fraction of sp³-hybridized carbons (Fsp3) is 0.571. The summed E-state index contributed by atoms with van der Waals surface area (Å²) in [5.74, 6) is 0. The summed E-state index contributed by atoms with van der Waals surface area (Å²) < 4.78 is 5.37. The largest absolute Gasteiger partial charge is 0.388 e. The molecule has 0 aromatic heterocycles. The third kappa shape index (κ3) is 2.54. The van der Waals surface area contributed by atoms with Crippen molar-refractivity contribution in [2.24, 2.45) is 11.1 Å². The van der Waals surface area contributed by atoms with Crippen LogP contribution in [0.4, 0.5) is 0 Å². The normalized spacial score (nSPS) is 20.7. The number of aliphatic hydroxyl groups excluding tert-OH is 1. The van der Waals surface area contributed by atoms with Gasteiger partial charge in [0.1, 0.15) is 0 Å². The Labute approximate surface area is 113 Å². The van der Waals surface area contributed by atoms with Crippen LogP contribution < -0.4 is 5.73 Å². The summed E-state index contributed by atoms with van der Waals surface area (Å²) in [4.78, 5) is 0. The lowest BCUT2D eigenvalue weighted by atomic mass is 9.72. The standard InChI is InChI=1S/C14H20ClNO2/c1-10-8-11(15)2-3-12(10)13(17)14(9-16)4-6-18-7-5-14/h2-3,8,13,17H,4-7,9,16H2,1H3. The van der Waals surface area contributed by atoms with Crippen LogP contribution in [-0.2, 0) is 4.74 Å². The molecule has 1 unspecified atom stereocenters. The smallest absolute Gasteiger partial charge is 0.0862 e. The van der Waals surface area contributed by atoms with Gasteiger partial charge < -0.3 is 15.6 Å². The van der Waals surface area contributed by atoms with Gasteiger partial charge in [-0.2, -0.15) is 0 Å². The van der Waals surface area contributed by atoms with Crippen LogP contribution in [0, 0.1) is 12.3 Å². The Morgan fingerprint density at radius 3 is 2.67 bits per heavy atom. The van der Waals surface area contributed by atoms with E-state index in [9.17, 15) is 5.11 Å². The zero-order valence-corrected chi connectivity index (χ0v) is 11.4. The van der Waals surface area contributed by atoms with Gasteiger partial charge in [-0.25, -0.2) is 0 Å². The molecule has 1 aromatic carbocycles. The third-order valence-corrected chi connectivity index (χ3v) is 4.24. The first-order valence-electron chi connectivity index (χ1n) is 6.31. The van der Waals surface area contributed by atoms with E-state index in [4.69, 9.17) is 22.1 Å². The van der Waals surface area contributed by atoms with E-state index in [2.05, 4.69) is 0 Å². The van der Waals surface area contributed by atoms with Crippen LogP contribution in [0.3, 0.4) is 0 Å². The molecule has 1 aliphatic rings. The van der Waals surface area contributed by atoms with E-state index < -0.39 is 6.10 Å². The first-order valence-corrected chi connectivity index (χ1v) is 6.69. The van der Waals surface area contributed by atoms with E-state index in [1.54, 1.807) is 0 Å². The van der Waals surface area contributed by atoms with Crippen LogP contribution in [0.1, 0.15) is 30.1 Å². The number of rotatable bonds is 3. The molecule has 1 saturated heterocycles. The van der Waals surface area contributed by atoms with Crippen molar-refractivity contribution in [2.45, 2.75) is 25.9 Å². The lowest BCUT2D eigenvalue weighted by Gasteiger charge is -2.40. The molecular formula is C14H20ClNO2. The highest BCUT2D eigenvalue weighted by molar-refractivity contribution is 6.30. The van der Waals surface area contributed by atoms with Crippen LogP contribution in [0.25, 0.3) is 0 Å². The molecule has 0 aliphatic carbocycles. The average Bonchev–Trinajstić information content (AvgIpc) is 2.39. The highest BCUT2D eigenvalue weighted by Crippen LogP contribution is 2.42. The predicted octanol–water partition coefficient (Wildman–Crippen LogP) is 2.44. The summed E-state index contributed by atoms with van der Waals surface area (Å²) in [5, 5.41) is 11.4. The maximum atomic E-state index is 10.7. The van der Waals surface area contributed by atoms with Crippen molar-refractivity contribution in [2.75, 3.05) is 19.8 Å². The lowest BCUT2D eigenvalue weighted by molar-refractivity contribution is -0.0583. The topological polar surface area (TPSA) is 55.5 Å². The Kier molecular flexibility index (Phi) is 4.28. The molecule has 1 aromatic rings. The Bertz CT molecular complexity index is 416. The van der Waals surface area contributed by atoms with Crippen molar-refractivity contribution in [1.82, 2.24) is 0 Å². The van der Waals surface area contributed by atoms with Gasteiger partial charge >= 0.3 is 0 Å². The number of benzene rings is 1. The molecule has 100 valence electrons. The van der Waals surface area contributed by atoms with Gasteiger partial charge in [-0.3, -0.25) is 0 Å². The van der Waals surface area contributed by atoms with E-state index in [1.807, 2.05) is 25.1 Å². The molecule has 0 amide bonds. The average molecular weight is 270 g/mol. The van der Waals surface area contributed by atoms with Gasteiger partial charge in [-0.1, -0.05) is 17.7 Å². The van der Waals surface area contributed by atoms with Gasteiger partial charge in [0.15, 0.2) is 0 Å². The number of halogens is 1. The first-order chi connectivity index (χ1) is 8.59. The second-order valence-corrected chi connectivity index (χ2v) is 5.52. The van der Waals surface area contributed by atoms with Gasteiger partial charge in [0, 0.05) is 30.2 Å². The maximum absolute atomic E-state index is 10.7. The number of nitrogens with two attached hydrogens (primary N) is 1. The van der Waals surface area contributed by atoms with Gasteiger partial charge in [-0.05, 0) is 43.0 Å². The molecule has 1 fully saturated rings. The van der Waals surface area contributed by atoms with Crippen LogP contribution in [0.2, 0.25) is 5.02 Å². The van der Waals surface area contributed by atoms with E-state index in [1.165, 1.54) is 0 Å². The SMILES string of the molecule is Cc1cc(Cl)ccc1C(O)C1(CN)CCOCC1. The molecular weight excluding hydrogens is 250 g/mol. The molecule has 0 bridgehead atoms. The highest BCUT2D eigenvalue weighted by atomic mass is 35.5. The number of aryl methyl sites for hydroxylation is 1. The van der Waals surface area contributed by atoms with E-state index in [-0.39, 0.29) is 5.41 Å². The van der Waals surface area contributed by atoms with Crippen molar-refractivity contribution < 1.29 is 9.84 Å². The Balaban J connectivity index is 2.30. The van der Waals surface area contributed by atoms with Gasteiger partial charge in [-0.15, -0.1) is 0 Å². The monoisotopic (exact) mass is 269 g/mol. The minimum Gasteiger partial charge on any atom is -0.388 e. The predicted molar refractivity (Wildman–Crippen MR) is 72.7 cm³/mol. The molecule has 1 atom stereocenters. The van der Waals surface area contributed by atoms with Gasteiger partial charge in [0.2, 0.25) is 0 Å². The quantitative estimate of drug-likeness (QED) is 0.886. The van der Waals surface area contributed by atoms with Crippen molar-refractivity contribution in [1.29, 1.82) is 0 Å². The molecule has 4 heteroatoms. The summed E-state index contributed by atoms with van der Waals surface area (Å²) in [7, 11) is 0. The van der Waals surface area contributed by atoms with Crippen LogP contribution >= 0.6 is 11.6 Å². The Morgan fingerprint density at radius 1 is 1.44 bits per heavy atom. The first kappa shape index (κ1) is 13.8. The molecule has 1 aliphatic heterocycles. The maximum Gasteiger partial charge on any atom is 0.0862 e. The summed E-state index contributed by atoms with van der Waals surface area (Å²) in [6.07, 6.45) is 1.04. The summed E-state index contributed by atoms with van der Waals surface area (Å²) in [6, 6.07) is 5.59. The van der Waals surface area contributed by atoms with Crippen molar-refractivity contribution in [3.05, 3.63) is 34.3 Å². The highest BCUT2D eigenvalue weighted by Gasteiger charge is 2.39. The fourth-order valence-corrected chi connectivity index (χ4v) is 2.87. The molecule has 3 N–H and O–H groups in total. The molecule has 2 rings (SSSR count). The summed E-state index contributed by atoms with van der Waals surface area (Å²) in [5.41, 5.74) is 7.58. The zero-order valence-electron chi connectivity index (χ0n) is 10.7. The number of aliphatic hydroxyl groups is 1. The molecule has 1 heterocycles. The Morgan fingerprint density at radius 2 is 2.11 bits per heavy atom. The van der Waals surface area contributed by atoms with Crippen molar-refractivity contribution in [3.8, 4) is 0 Å². The second-order valence-electron chi connectivity index (χ2n) is 5.08. The number of hydrogen-bond donors (Lipinski definition) is 2. The van der Waals surface area contributed by atoms with Crippen molar-refractivity contribution in [3.63, 3.8) is 0 Å². The van der Waals surface area contributed by atoms with E-state index >= 15 is 0 Å². The molecule has 0 radical (unpaired) electrons. The minimum atomic E-state index is -0.552. The van der Waals surface area contributed by atoms with Gasteiger partial charge in [0.05, 0.1) is 6.10 Å². The molecule has 0 spiro atoms. The summed E-state index contributed by atoms with van der Waals surface area (Å²) in [6.45, 7) is 3.77. The second kappa shape index (κ2) is 5.57. The molecule has 0 saturated carbocycles. The molecule has 3 nitrogen and oxygen atoms in total. The van der Waals surface area contributed by atoms with Gasteiger partial charge in [0.25, 0.3) is 0 Å². The minimum absolute atomic E-state index is 0.267. The number of ether oxygens (including phenoxy) is 1. The third-order valence-electron chi connectivity index (χ3n) is 4.00. The Hall–Kier alpha value is -0.610. The molecule has 18 heavy (non-hydrogen) atoms. The lowest BCUT2D eigenvalue weighted by Crippen LogP contribution is -2.41. The van der Waals surface area contributed by atoms with Crippen LogP contribution in [0.5, 0.6) is 0 Å². The summed E-state index contributed by atoms with van der Waals surface area (Å²) >= 11 is 5.95. The van der Waals surface area contributed by atoms with Crippen LogP contribution in [0.15, 0.2) is 18.2 Å². The van der Waals surface area contributed by atoms with Crippen LogP contribution in [-0.4, -0.2) is 24.9 Å². The number of hydrogen-bond acceptors (Lipinski definition) is 3. The zero-order chi connectivity index (χ0) is 13.2. The van der Waals surface area contributed by atoms with Crippen molar-refractivity contribution >= 4 is 11.6 Å².